The minimum atomic E-state index is -0.952. The van der Waals surface area contributed by atoms with Gasteiger partial charge in [-0.1, -0.05) is 6.07 Å². The predicted octanol–water partition coefficient (Wildman–Crippen LogP) is 4.11. The molecule has 138 valence electrons. The van der Waals surface area contributed by atoms with Gasteiger partial charge in [-0.2, -0.15) is 0 Å². The summed E-state index contributed by atoms with van der Waals surface area (Å²) in [5.41, 5.74) is 5.30. The van der Waals surface area contributed by atoms with Crippen LogP contribution in [-0.4, -0.2) is 28.2 Å². The van der Waals surface area contributed by atoms with Crippen LogP contribution in [0.2, 0.25) is 0 Å². The van der Waals surface area contributed by atoms with Gasteiger partial charge in [-0.3, -0.25) is 0 Å². The smallest absolute Gasteiger partial charge is 0.335 e. The lowest BCUT2D eigenvalue weighted by molar-refractivity contribution is 0.0697. The number of aromatic carboxylic acids is 1. The molecule has 2 N–H and O–H groups in total. The van der Waals surface area contributed by atoms with Crippen molar-refractivity contribution in [3.8, 4) is 17.0 Å². The Morgan fingerprint density at radius 1 is 1.11 bits per heavy atom. The van der Waals surface area contributed by atoms with Gasteiger partial charge in [0.2, 0.25) is 5.95 Å². The number of fused-ring (bicyclic) bond motifs is 3. The van der Waals surface area contributed by atoms with Crippen LogP contribution < -0.4 is 10.1 Å². The number of nitrogens with zero attached hydrogens (tertiary/aromatic N) is 2. The van der Waals surface area contributed by atoms with Gasteiger partial charge in [-0.15, -0.1) is 12.4 Å². The van der Waals surface area contributed by atoms with E-state index in [2.05, 4.69) is 21.4 Å². The lowest BCUT2D eigenvalue weighted by atomic mass is 9.90. The number of aromatic nitrogens is 2. The number of anilines is 2. The summed E-state index contributed by atoms with van der Waals surface area (Å²) >= 11 is 0. The molecule has 0 bridgehead atoms. The third-order valence-corrected chi connectivity index (χ3v) is 4.49. The maximum absolute atomic E-state index is 10.9. The summed E-state index contributed by atoms with van der Waals surface area (Å²) in [5, 5.41) is 12.1. The van der Waals surface area contributed by atoms with Crippen LogP contribution in [0.15, 0.2) is 48.7 Å². The van der Waals surface area contributed by atoms with Crippen molar-refractivity contribution in [3.05, 3.63) is 65.4 Å². The van der Waals surface area contributed by atoms with Gasteiger partial charge in [0.15, 0.2) is 0 Å². The van der Waals surface area contributed by atoms with E-state index in [1.807, 2.05) is 18.3 Å². The molecule has 6 nitrogen and oxygen atoms in total. The zero-order valence-electron chi connectivity index (χ0n) is 14.6. The van der Waals surface area contributed by atoms with Crippen molar-refractivity contribution >= 4 is 30.0 Å². The van der Waals surface area contributed by atoms with E-state index >= 15 is 0 Å². The number of aryl methyl sites for hydroxylation is 2. The standard InChI is InChI=1S/C20H17N3O3.ClH/c1-26-16-9-6-12-2-3-14-11-21-20(23-18(14)17(12)10-16)22-15-7-4-13(5-8-15)19(24)25;/h4-11H,2-3H2,1H3,(H,24,25)(H,21,22,23);1H. The van der Waals surface area contributed by atoms with E-state index in [0.29, 0.717) is 5.95 Å². The van der Waals surface area contributed by atoms with Gasteiger partial charge < -0.3 is 15.2 Å². The second kappa shape index (κ2) is 7.63. The highest BCUT2D eigenvalue weighted by Crippen LogP contribution is 2.34. The molecule has 1 aromatic heterocycles. The zero-order valence-corrected chi connectivity index (χ0v) is 15.4. The molecule has 27 heavy (non-hydrogen) atoms. The molecule has 0 radical (unpaired) electrons. The molecule has 0 spiro atoms. The summed E-state index contributed by atoms with van der Waals surface area (Å²) < 4.78 is 5.34. The van der Waals surface area contributed by atoms with Gasteiger partial charge in [-0.05, 0) is 60.4 Å². The Bertz CT molecular complexity index is 990. The Hall–Kier alpha value is -3.12. The van der Waals surface area contributed by atoms with Crippen molar-refractivity contribution in [1.29, 1.82) is 0 Å². The van der Waals surface area contributed by atoms with E-state index in [-0.39, 0.29) is 18.0 Å². The van der Waals surface area contributed by atoms with Gasteiger partial charge in [0, 0.05) is 17.4 Å². The molecule has 1 aliphatic carbocycles. The molecule has 0 unspecified atom stereocenters. The number of ether oxygens (including phenoxy) is 1. The van der Waals surface area contributed by atoms with Crippen LogP contribution >= 0.6 is 12.4 Å². The van der Waals surface area contributed by atoms with Gasteiger partial charge in [0.05, 0.1) is 18.4 Å². The second-order valence-electron chi connectivity index (χ2n) is 6.10. The number of carboxylic acids is 1. The average Bonchev–Trinajstić information content (AvgIpc) is 2.68. The molecule has 7 heteroatoms. The Morgan fingerprint density at radius 3 is 2.56 bits per heavy atom. The summed E-state index contributed by atoms with van der Waals surface area (Å²) in [4.78, 5) is 20.0. The van der Waals surface area contributed by atoms with E-state index in [1.54, 1.807) is 31.4 Å². The fourth-order valence-corrected chi connectivity index (χ4v) is 3.10. The number of hydrogen-bond donors (Lipinski definition) is 2. The van der Waals surface area contributed by atoms with Gasteiger partial charge in [0.1, 0.15) is 5.75 Å². The van der Waals surface area contributed by atoms with Crippen molar-refractivity contribution in [2.45, 2.75) is 12.8 Å². The molecule has 0 amide bonds. The number of rotatable bonds is 4. The first-order valence-corrected chi connectivity index (χ1v) is 8.27. The van der Waals surface area contributed by atoms with E-state index in [9.17, 15) is 4.79 Å². The van der Waals surface area contributed by atoms with E-state index in [4.69, 9.17) is 9.84 Å². The molecule has 0 aliphatic heterocycles. The van der Waals surface area contributed by atoms with Crippen molar-refractivity contribution in [1.82, 2.24) is 9.97 Å². The van der Waals surface area contributed by atoms with Crippen molar-refractivity contribution in [2.24, 2.45) is 0 Å². The number of carbonyl (C=O) groups is 1. The number of hydrogen-bond acceptors (Lipinski definition) is 5. The molecule has 1 aliphatic rings. The highest BCUT2D eigenvalue weighted by atomic mass is 35.5. The average molecular weight is 384 g/mol. The fraction of sp³-hybridized carbons (Fsp3) is 0.150. The van der Waals surface area contributed by atoms with Crippen molar-refractivity contribution < 1.29 is 14.6 Å². The highest BCUT2D eigenvalue weighted by Gasteiger charge is 2.19. The van der Waals surface area contributed by atoms with Crippen molar-refractivity contribution in [2.75, 3.05) is 12.4 Å². The Morgan fingerprint density at radius 2 is 1.85 bits per heavy atom. The molecule has 0 saturated heterocycles. The normalized spacial score (nSPS) is 11.6. The zero-order chi connectivity index (χ0) is 18.1. The molecule has 0 fully saturated rings. The number of nitrogens with one attached hydrogen (secondary N) is 1. The van der Waals surface area contributed by atoms with Crippen LogP contribution in [0.3, 0.4) is 0 Å². The van der Waals surface area contributed by atoms with Crippen LogP contribution in [-0.2, 0) is 12.8 Å². The summed E-state index contributed by atoms with van der Waals surface area (Å²) in [6.45, 7) is 0. The minimum Gasteiger partial charge on any atom is -0.497 e. The quantitative estimate of drug-likeness (QED) is 0.705. The van der Waals surface area contributed by atoms with E-state index < -0.39 is 5.97 Å². The first-order chi connectivity index (χ1) is 12.6. The van der Waals surface area contributed by atoms with Crippen LogP contribution in [0.5, 0.6) is 5.75 Å². The SMILES string of the molecule is COc1ccc2c(c1)-c1nc(Nc3ccc(C(=O)O)cc3)ncc1CC2.Cl. The molecule has 2 aromatic carbocycles. The van der Waals surface area contributed by atoms with E-state index in [0.717, 1.165) is 41.1 Å². The maximum Gasteiger partial charge on any atom is 0.335 e. The Balaban J connectivity index is 0.00000210. The number of benzene rings is 2. The maximum atomic E-state index is 10.9. The molecule has 0 atom stereocenters. The van der Waals surface area contributed by atoms with Crippen LogP contribution in [0.4, 0.5) is 11.6 Å². The lowest BCUT2D eigenvalue weighted by Crippen LogP contribution is -2.09. The van der Waals surface area contributed by atoms with E-state index in [1.165, 1.54) is 5.56 Å². The first kappa shape index (κ1) is 18.7. The summed E-state index contributed by atoms with van der Waals surface area (Å²) in [6, 6.07) is 12.5. The molecule has 3 aromatic rings. The fourth-order valence-electron chi connectivity index (χ4n) is 3.10. The molecular formula is C20H18ClN3O3. The summed E-state index contributed by atoms with van der Waals surface area (Å²) in [7, 11) is 1.65. The number of methoxy groups -OCH3 is 1. The number of halogens is 1. The van der Waals surface area contributed by atoms with Crippen LogP contribution in [0, 0.1) is 0 Å². The van der Waals surface area contributed by atoms with Crippen molar-refractivity contribution in [3.63, 3.8) is 0 Å². The highest BCUT2D eigenvalue weighted by molar-refractivity contribution is 5.88. The van der Waals surface area contributed by atoms with Gasteiger partial charge >= 0.3 is 5.97 Å². The monoisotopic (exact) mass is 383 g/mol. The molecule has 1 heterocycles. The predicted molar refractivity (Wildman–Crippen MR) is 105 cm³/mol. The molecule has 0 saturated carbocycles. The topological polar surface area (TPSA) is 84.3 Å². The first-order valence-electron chi connectivity index (χ1n) is 8.27. The molecular weight excluding hydrogens is 366 g/mol. The lowest BCUT2D eigenvalue weighted by Gasteiger charge is -2.20. The Labute approximate surface area is 162 Å². The van der Waals surface area contributed by atoms with Gasteiger partial charge in [-0.25, -0.2) is 14.8 Å². The summed E-state index contributed by atoms with van der Waals surface area (Å²) in [6.07, 6.45) is 3.71. The summed E-state index contributed by atoms with van der Waals surface area (Å²) in [5.74, 6) is 0.323. The number of carboxylic acid groups (broad SMARTS) is 1. The van der Waals surface area contributed by atoms with Gasteiger partial charge in [0.25, 0.3) is 0 Å². The third kappa shape index (κ3) is 3.71. The van der Waals surface area contributed by atoms with Crippen LogP contribution in [0.25, 0.3) is 11.3 Å². The minimum absolute atomic E-state index is 0. The third-order valence-electron chi connectivity index (χ3n) is 4.49. The van der Waals surface area contributed by atoms with Crippen LogP contribution in [0.1, 0.15) is 21.5 Å². The second-order valence-corrected chi connectivity index (χ2v) is 6.10. The Kier molecular flexibility index (Phi) is 5.28. The largest absolute Gasteiger partial charge is 0.497 e. The molecule has 4 rings (SSSR count).